The van der Waals surface area contributed by atoms with E-state index in [1.165, 1.54) is 33.4 Å². The first kappa shape index (κ1) is 54.6. The minimum absolute atomic E-state index is 0. The Balaban J connectivity index is 0.00000541. The maximum atomic E-state index is 5.14. The Hall–Kier alpha value is -3.45. The zero-order valence-corrected chi connectivity index (χ0v) is 39.2. The van der Waals surface area contributed by atoms with Gasteiger partial charge in [-0.3, -0.25) is 20.0 Å². The molecule has 0 aliphatic carbocycles. The molecular formula is C46H52Cl4Co2N6. The minimum atomic E-state index is 0. The van der Waals surface area contributed by atoms with E-state index >= 15 is 0 Å². The van der Waals surface area contributed by atoms with Crippen LogP contribution in [0, 0.1) is 0 Å². The van der Waals surface area contributed by atoms with Gasteiger partial charge >= 0.3 is 0 Å². The zero-order valence-electron chi connectivity index (χ0n) is 33.8. The SMILES string of the molecule is CC(C)c1cc(-c2cc(C(C)C)c(N=Cc3cccc(-c4ccccn4)n3)c(C(C)C)c2)cc(C(C)C)c1N=Cc1cccc(-c2ccccn2)n1.Cl.Cl.Cl.Cl.[Co].[Co]. The number of hydrogen-bond donors (Lipinski definition) is 0. The van der Waals surface area contributed by atoms with E-state index in [-0.39, 0.29) is 107 Å². The molecule has 0 N–H and O–H groups in total. The van der Waals surface area contributed by atoms with E-state index in [4.69, 9.17) is 20.0 Å². The smallest absolute Gasteiger partial charge is 0.0894 e. The molecule has 4 heterocycles. The third-order valence-corrected chi connectivity index (χ3v) is 9.21. The Morgan fingerprint density at radius 2 is 0.724 bits per heavy atom. The van der Waals surface area contributed by atoms with E-state index in [0.29, 0.717) is 0 Å². The van der Waals surface area contributed by atoms with Gasteiger partial charge in [-0.1, -0.05) is 79.7 Å². The summed E-state index contributed by atoms with van der Waals surface area (Å²) in [6.07, 6.45) is 7.36. The summed E-state index contributed by atoms with van der Waals surface area (Å²) < 4.78 is 0. The predicted octanol–water partition coefficient (Wildman–Crippen LogP) is 13.9. The van der Waals surface area contributed by atoms with Gasteiger partial charge in [-0.2, -0.15) is 0 Å². The largest absolute Gasteiger partial charge is 0.255 e. The van der Waals surface area contributed by atoms with E-state index in [2.05, 4.69) is 89.6 Å². The molecule has 0 amide bonds. The molecule has 6 nitrogen and oxygen atoms in total. The van der Waals surface area contributed by atoms with Crippen LogP contribution in [0.15, 0.2) is 119 Å². The van der Waals surface area contributed by atoms with Crippen molar-refractivity contribution in [2.75, 3.05) is 0 Å². The predicted molar refractivity (Wildman–Crippen MR) is 247 cm³/mol. The average Bonchev–Trinajstić information content (AvgIpc) is 3.16. The molecule has 0 saturated carbocycles. The fourth-order valence-electron chi connectivity index (χ4n) is 6.37. The van der Waals surface area contributed by atoms with Crippen molar-refractivity contribution in [1.82, 2.24) is 19.9 Å². The number of benzene rings is 2. The molecule has 312 valence electrons. The number of hydrogen-bond acceptors (Lipinski definition) is 6. The molecule has 0 bridgehead atoms. The van der Waals surface area contributed by atoms with E-state index in [1.54, 1.807) is 12.4 Å². The molecule has 4 aromatic heterocycles. The van der Waals surface area contributed by atoms with Crippen LogP contribution in [-0.4, -0.2) is 32.4 Å². The van der Waals surface area contributed by atoms with Gasteiger partial charge in [0.05, 0.1) is 58.0 Å². The second-order valence-electron chi connectivity index (χ2n) is 14.5. The first-order valence-corrected chi connectivity index (χ1v) is 18.3. The molecular weight excluding hydrogens is 896 g/mol. The number of aliphatic imine (C=N–C) groups is 2. The van der Waals surface area contributed by atoms with E-state index < -0.39 is 0 Å². The van der Waals surface area contributed by atoms with Crippen LogP contribution in [0.1, 0.15) is 113 Å². The van der Waals surface area contributed by atoms with Crippen LogP contribution >= 0.6 is 49.6 Å². The first-order valence-electron chi connectivity index (χ1n) is 18.3. The molecule has 6 aromatic rings. The van der Waals surface area contributed by atoms with Gasteiger partial charge in [-0.05, 0) is 130 Å². The quantitative estimate of drug-likeness (QED) is 0.121. The summed E-state index contributed by atoms with van der Waals surface area (Å²) >= 11 is 0. The van der Waals surface area contributed by atoms with Crippen LogP contribution in [-0.2, 0) is 33.6 Å². The number of halogens is 4. The summed E-state index contributed by atoms with van der Waals surface area (Å²) in [6, 6.07) is 33.1. The summed E-state index contributed by atoms with van der Waals surface area (Å²) in [7, 11) is 0. The van der Waals surface area contributed by atoms with Crippen LogP contribution in [0.5, 0.6) is 0 Å². The zero-order chi connectivity index (χ0) is 36.8. The first-order chi connectivity index (χ1) is 25.1. The second-order valence-corrected chi connectivity index (χ2v) is 14.5. The Kier molecular flexibility index (Phi) is 23.7. The number of pyridine rings is 4. The van der Waals surface area contributed by atoms with Gasteiger partial charge in [0.2, 0.25) is 0 Å². The molecule has 0 fully saturated rings. The third-order valence-electron chi connectivity index (χ3n) is 9.21. The van der Waals surface area contributed by atoms with Gasteiger partial charge in [0.1, 0.15) is 0 Å². The monoisotopic (exact) mass is 946 g/mol. The molecule has 2 aromatic carbocycles. The molecule has 0 spiro atoms. The Morgan fingerprint density at radius 1 is 0.414 bits per heavy atom. The van der Waals surface area contributed by atoms with Crippen LogP contribution in [0.3, 0.4) is 0 Å². The van der Waals surface area contributed by atoms with E-state index in [9.17, 15) is 0 Å². The third kappa shape index (κ3) is 13.3. The molecule has 58 heavy (non-hydrogen) atoms. The summed E-state index contributed by atoms with van der Waals surface area (Å²) in [5.41, 5.74) is 14.3. The van der Waals surface area contributed by atoms with E-state index in [0.717, 1.165) is 45.5 Å². The molecule has 2 radical (unpaired) electrons. The minimum Gasteiger partial charge on any atom is -0.255 e. The van der Waals surface area contributed by atoms with Crippen LogP contribution in [0.2, 0.25) is 0 Å². The molecule has 0 atom stereocenters. The van der Waals surface area contributed by atoms with Crippen molar-refractivity contribution in [2.45, 2.75) is 79.1 Å². The summed E-state index contributed by atoms with van der Waals surface area (Å²) in [6.45, 7) is 18.0. The van der Waals surface area contributed by atoms with Crippen molar-refractivity contribution in [2.24, 2.45) is 9.98 Å². The van der Waals surface area contributed by atoms with Gasteiger partial charge in [0.15, 0.2) is 0 Å². The average molecular weight is 949 g/mol. The van der Waals surface area contributed by atoms with Gasteiger partial charge in [-0.25, -0.2) is 9.97 Å². The molecule has 0 unspecified atom stereocenters. The Bertz CT molecular complexity index is 2020. The Morgan fingerprint density at radius 3 is 1.00 bits per heavy atom. The fourth-order valence-corrected chi connectivity index (χ4v) is 6.37. The topological polar surface area (TPSA) is 76.3 Å². The molecule has 0 aliphatic rings. The van der Waals surface area contributed by atoms with Gasteiger partial charge < -0.3 is 0 Å². The molecule has 12 heteroatoms. The van der Waals surface area contributed by atoms with Gasteiger partial charge in [0, 0.05) is 46.0 Å². The normalized spacial score (nSPS) is 10.8. The molecule has 0 aliphatic heterocycles. The maximum Gasteiger partial charge on any atom is 0.0894 e. The summed E-state index contributed by atoms with van der Waals surface area (Å²) in [5, 5.41) is 0. The Labute approximate surface area is 390 Å². The van der Waals surface area contributed by atoms with Gasteiger partial charge in [0.25, 0.3) is 0 Å². The summed E-state index contributed by atoms with van der Waals surface area (Å²) in [5.74, 6) is 1.07. The summed E-state index contributed by atoms with van der Waals surface area (Å²) in [4.78, 5) is 28.9. The van der Waals surface area contributed by atoms with Crippen LogP contribution < -0.4 is 0 Å². The fraction of sp³-hybridized carbons (Fsp3) is 0.261. The van der Waals surface area contributed by atoms with Gasteiger partial charge in [-0.15, -0.1) is 49.6 Å². The maximum absolute atomic E-state index is 5.14. The van der Waals surface area contributed by atoms with Crippen molar-refractivity contribution in [3.8, 4) is 33.9 Å². The van der Waals surface area contributed by atoms with E-state index in [1.807, 2.05) is 85.2 Å². The van der Waals surface area contributed by atoms with Crippen molar-refractivity contribution < 1.29 is 33.6 Å². The van der Waals surface area contributed by atoms with Crippen molar-refractivity contribution in [3.63, 3.8) is 0 Å². The number of nitrogens with zero attached hydrogens (tertiary/aromatic N) is 6. The van der Waals surface area contributed by atoms with Crippen LogP contribution in [0.25, 0.3) is 33.9 Å². The van der Waals surface area contributed by atoms with Crippen molar-refractivity contribution in [1.29, 1.82) is 0 Å². The standard InChI is InChI=1S/C46H48N6.4ClH.2Co/c1-29(2)37-23-33(24-38(30(3)4)45(37)49-27-35-15-13-19-43(51-35)41-17-9-11-21-47-41)34-25-39(31(5)6)46(40(26-34)32(7)8)50-28-36-16-14-20-44(52-36)42-18-10-12-22-48-42;;;;;;/h9-32H,1-8H3;4*1H;;. The van der Waals surface area contributed by atoms with Crippen molar-refractivity contribution >= 4 is 73.4 Å². The van der Waals surface area contributed by atoms with Crippen molar-refractivity contribution in [3.05, 3.63) is 143 Å². The number of rotatable bonds is 11. The molecule has 6 rings (SSSR count). The second kappa shape index (κ2) is 25.2. The number of aromatic nitrogens is 4. The molecule has 0 saturated heterocycles. The van der Waals surface area contributed by atoms with Crippen LogP contribution in [0.4, 0.5) is 11.4 Å².